The smallest absolute Gasteiger partial charge is 0.144 e. The van der Waals surface area contributed by atoms with Crippen molar-refractivity contribution in [2.24, 2.45) is 0 Å². The van der Waals surface area contributed by atoms with Crippen LogP contribution in [-0.4, -0.2) is 6.61 Å². The van der Waals surface area contributed by atoms with Gasteiger partial charge in [0.15, 0.2) is 0 Å². The molecule has 0 bridgehead atoms. The van der Waals surface area contributed by atoms with Crippen molar-refractivity contribution in [3.63, 3.8) is 0 Å². The molecule has 4 rings (SSSR count). The van der Waals surface area contributed by atoms with Crippen LogP contribution >= 0.6 is 0 Å². The molecule has 0 unspecified atom stereocenters. The van der Waals surface area contributed by atoms with Gasteiger partial charge in [-0.15, -0.1) is 0 Å². The summed E-state index contributed by atoms with van der Waals surface area (Å²) < 4.78 is 48.9. The van der Waals surface area contributed by atoms with Crippen molar-refractivity contribution in [1.29, 1.82) is 5.26 Å². The molecule has 0 radical (unpaired) electrons. The van der Waals surface area contributed by atoms with E-state index in [0.717, 1.165) is 47.4 Å². The summed E-state index contributed by atoms with van der Waals surface area (Å²) in [4.78, 5) is 0. The summed E-state index contributed by atoms with van der Waals surface area (Å²) in [6.07, 6.45) is 6.54. The molecule has 4 aromatic rings. The third-order valence-corrected chi connectivity index (χ3v) is 6.64. The van der Waals surface area contributed by atoms with Gasteiger partial charge >= 0.3 is 0 Å². The molecule has 37 heavy (non-hydrogen) atoms. The summed E-state index contributed by atoms with van der Waals surface area (Å²) in [6.45, 7) is 2.92. The third-order valence-electron chi connectivity index (χ3n) is 6.64. The first-order chi connectivity index (χ1) is 18.0. The summed E-state index contributed by atoms with van der Waals surface area (Å²) in [7, 11) is 0. The summed E-state index contributed by atoms with van der Waals surface area (Å²) in [5.74, 6) is -1.28. The molecule has 0 spiro atoms. The van der Waals surface area contributed by atoms with Crippen LogP contribution in [0.25, 0.3) is 21.9 Å². The fourth-order valence-electron chi connectivity index (χ4n) is 4.50. The lowest BCUT2D eigenvalue weighted by molar-refractivity contribution is 0.304. The zero-order valence-corrected chi connectivity index (χ0v) is 21.0. The molecular weight excluding hydrogens is 471 g/mol. The molecule has 0 saturated carbocycles. The van der Waals surface area contributed by atoms with Crippen LogP contribution in [0.2, 0.25) is 0 Å². The molecule has 0 heterocycles. The van der Waals surface area contributed by atoms with E-state index in [1.165, 1.54) is 31.8 Å². The van der Waals surface area contributed by atoms with Gasteiger partial charge in [-0.1, -0.05) is 69.0 Å². The number of hydrogen-bond donors (Lipinski definition) is 0. The minimum Gasteiger partial charge on any atom is -0.494 e. The van der Waals surface area contributed by atoms with E-state index in [9.17, 15) is 8.78 Å². The molecule has 0 saturated heterocycles. The second-order valence-corrected chi connectivity index (χ2v) is 9.31. The lowest BCUT2D eigenvalue weighted by atomic mass is 9.97. The van der Waals surface area contributed by atoms with Crippen molar-refractivity contribution < 1.29 is 17.9 Å². The number of hydrogen-bond acceptors (Lipinski definition) is 2. The zero-order chi connectivity index (χ0) is 26.2. The van der Waals surface area contributed by atoms with Gasteiger partial charge in [-0.2, -0.15) is 5.26 Å². The number of halogens is 3. The molecule has 0 aliphatic heterocycles. The molecule has 0 N–H and O–H groups in total. The largest absolute Gasteiger partial charge is 0.494 e. The van der Waals surface area contributed by atoms with Crippen LogP contribution in [0.5, 0.6) is 5.75 Å². The molecule has 0 aromatic heterocycles. The minimum atomic E-state index is -0.897. The quantitative estimate of drug-likeness (QED) is 0.192. The highest BCUT2D eigenvalue weighted by atomic mass is 19.1. The maximum absolute atomic E-state index is 15.2. The van der Waals surface area contributed by atoms with E-state index in [2.05, 4.69) is 6.92 Å². The molecule has 0 aliphatic carbocycles. The van der Waals surface area contributed by atoms with Crippen LogP contribution < -0.4 is 4.74 Å². The van der Waals surface area contributed by atoms with Crippen LogP contribution in [0.1, 0.15) is 55.7 Å². The highest BCUT2D eigenvalue weighted by Crippen LogP contribution is 2.29. The van der Waals surface area contributed by atoms with E-state index in [1.54, 1.807) is 12.1 Å². The van der Waals surface area contributed by atoms with Crippen molar-refractivity contribution in [2.45, 2.75) is 51.9 Å². The Morgan fingerprint density at radius 3 is 2.16 bits per heavy atom. The minimum absolute atomic E-state index is 0.257. The Kier molecular flexibility index (Phi) is 8.85. The Hall–Kier alpha value is -3.78. The topological polar surface area (TPSA) is 33.0 Å². The maximum atomic E-state index is 15.2. The van der Waals surface area contributed by atoms with Crippen molar-refractivity contribution in [3.05, 3.63) is 101 Å². The van der Waals surface area contributed by atoms with Gasteiger partial charge in [-0.3, -0.25) is 0 Å². The van der Waals surface area contributed by atoms with Gasteiger partial charge in [-0.05, 0) is 77.2 Å². The summed E-state index contributed by atoms with van der Waals surface area (Å²) in [5, 5.41) is 10.1. The monoisotopic (exact) mass is 501 g/mol. The van der Waals surface area contributed by atoms with Gasteiger partial charge in [0.1, 0.15) is 34.8 Å². The lowest BCUT2D eigenvalue weighted by Gasteiger charge is -2.10. The van der Waals surface area contributed by atoms with Gasteiger partial charge in [0, 0.05) is 5.39 Å². The normalized spacial score (nSPS) is 11.0. The number of fused-ring (bicyclic) bond motifs is 1. The third kappa shape index (κ3) is 6.51. The van der Waals surface area contributed by atoms with Crippen LogP contribution in [-0.2, 0) is 12.8 Å². The first-order valence-electron chi connectivity index (χ1n) is 12.8. The highest BCUT2D eigenvalue weighted by molar-refractivity contribution is 5.88. The van der Waals surface area contributed by atoms with Crippen molar-refractivity contribution in [2.75, 3.05) is 6.61 Å². The Balaban J connectivity index is 1.42. The van der Waals surface area contributed by atoms with Crippen LogP contribution in [0.15, 0.2) is 66.7 Å². The number of ether oxygens (including phenoxy) is 1. The van der Waals surface area contributed by atoms with Crippen LogP contribution in [0.4, 0.5) is 13.2 Å². The second kappa shape index (κ2) is 12.5. The Morgan fingerprint density at radius 1 is 0.757 bits per heavy atom. The predicted molar refractivity (Wildman–Crippen MR) is 142 cm³/mol. The molecule has 0 amide bonds. The Morgan fingerprint density at radius 2 is 1.46 bits per heavy atom. The molecule has 0 atom stereocenters. The number of nitriles is 1. The first-order valence-corrected chi connectivity index (χ1v) is 12.8. The van der Waals surface area contributed by atoms with Gasteiger partial charge in [-0.25, -0.2) is 13.2 Å². The molecule has 2 nitrogen and oxygen atoms in total. The Labute approximate surface area is 216 Å². The maximum Gasteiger partial charge on any atom is 0.144 e. The van der Waals surface area contributed by atoms with Crippen LogP contribution in [0.3, 0.4) is 0 Å². The molecule has 190 valence electrons. The lowest BCUT2D eigenvalue weighted by Crippen LogP contribution is -1.99. The molecule has 0 aliphatic rings. The number of rotatable bonds is 11. The van der Waals surface area contributed by atoms with Gasteiger partial charge < -0.3 is 4.74 Å². The van der Waals surface area contributed by atoms with Crippen molar-refractivity contribution in [3.8, 4) is 22.9 Å². The zero-order valence-electron chi connectivity index (χ0n) is 21.0. The standard InChI is InChI=1S/C32H30F3NO/c1-2-3-4-5-6-17-37-27-14-11-23(12-15-27)25-13-16-28-26(20-25)10-9-24(32(28)35)8-7-22-18-30(33)29(21-36)31(34)19-22/h9-16,18-20H,2-8,17H2,1H3. The number of benzene rings is 4. The van der Waals surface area contributed by atoms with E-state index in [-0.39, 0.29) is 18.7 Å². The second-order valence-electron chi connectivity index (χ2n) is 9.31. The van der Waals surface area contributed by atoms with E-state index in [0.29, 0.717) is 16.5 Å². The van der Waals surface area contributed by atoms with E-state index in [4.69, 9.17) is 10.00 Å². The summed E-state index contributed by atoms with van der Waals surface area (Å²) in [5.41, 5.74) is 2.26. The summed E-state index contributed by atoms with van der Waals surface area (Å²) >= 11 is 0. The van der Waals surface area contributed by atoms with Crippen molar-refractivity contribution in [1.82, 2.24) is 0 Å². The summed E-state index contributed by atoms with van der Waals surface area (Å²) in [6, 6.07) is 20.9. The van der Waals surface area contributed by atoms with E-state index in [1.807, 2.05) is 42.5 Å². The number of nitrogens with zero attached hydrogens (tertiary/aromatic N) is 1. The fraction of sp³-hybridized carbons (Fsp3) is 0.281. The van der Waals surface area contributed by atoms with Gasteiger partial charge in [0.25, 0.3) is 0 Å². The molecule has 4 aromatic carbocycles. The molecule has 5 heteroatoms. The average Bonchev–Trinajstić information content (AvgIpc) is 2.90. The predicted octanol–water partition coefficient (Wildman–Crippen LogP) is 8.93. The Bertz CT molecular complexity index is 1380. The molecular formula is C32H30F3NO. The highest BCUT2D eigenvalue weighted by Gasteiger charge is 2.13. The van der Waals surface area contributed by atoms with E-state index < -0.39 is 17.2 Å². The molecule has 0 fully saturated rings. The first kappa shape index (κ1) is 26.3. The van der Waals surface area contributed by atoms with Crippen LogP contribution in [0, 0.1) is 28.8 Å². The van der Waals surface area contributed by atoms with Gasteiger partial charge in [0.05, 0.1) is 6.61 Å². The fourth-order valence-corrected chi connectivity index (χ4v) is 4.50. The number of aryl methyl sites for hydroxylation is 2. The van der Waals surface area contributed by atoms with Gasteiger partial charge in [0.2, 0.25) is 0 Å². The van der Waals surface area contributed by atoms with Crippen molar-refractivity contribution >= 4 is 10.8 Å². The number of unbranched alkanes of at least 4 members (excludes halogenated alkanes) is 4. The SMILES string of the molecule is CCCCCCCOc1ccc(-c2ccc3c(F)c(CCc4cc(F)c(C#N)c(F)c4)ccc3c2)cc1. The van der Waals surface area contributed by atoms with E-state index >= 15 is 4.39 Å². The average molecular weight is 502 g/mol.